The molecule has 0 spiro atoms. The summed E-state index contributed by atoms with van der Waals surface area (Å²) in [5.41, 5.74) is 1.71. The predicted molar refractivity (Wildman–Crippen MR) is 84.4 cm³/mol. The van der Waals surface area contributed by atoms with E-state index in [2.05, 4.69) is 28.4 Å². The molecule has 1 aliphatic carbocycles. The molecule has 0 amide bonds. The molecule has 1 heterocycles. The lowest BCUT2D eigenvalue weighted by Crippen LogP contribution is -2.34. The second-order valence-electron chi connectivity index (χ2n) is 5.96. The zero-order valence-corrected chi connectivity index (χ0v) is 13.3. The van der Waals surface area contributed by atoms with Crippen LogP contribution in [0.1, 0.15) is 25.6 Å². The lowest BCUT2D eigenvalue weighted by Gasteiger charge is -2.25. The number of halogens is 2. The first-order chi connectivity index (χ1) is 10.1. The molecular weight excluding hydrogens is 289 g/mol. The van der Waals surface area contributed by atoms with E-state index in [0.717, 1.165) is 29.4 Å². The van der Waals surface area contributed by atoms with Crippen molar-refractivity contribution in [3.05, 3.63) is 29.8 Å². The summed E-state index contributed by atoms with van der Waals surface area (Å²) in [6.45, 7) is 3.10. The van der Waals surface area contributed by atoms with Gasteiger partial charge in [0.15, 0.2) is 0 Å². The number of aryl methyl sites for hydroxylation is 1. The van der Waals surface area contributed by atoms with E-state index in [1.54, 1.807) is 0 Å². The molecule has 0 bridgehead atoms. The van der Waals surface area contributed by atoms with E-state index in [4.69, 9.17) is 11.6 Å². The highest BCUT2D eigenvalue weighted by Gasteiger charge is 2.29. The van der Waals surface area contributed by atoms with Gasteiger partial charge in [0.2, 0.25) is 0 Å². The third-order valence-electron chi connectivity index (χ3n) is 4.37. The van der Waals surface area contributed by atoms with Gasteiger partial charge in [-0.25, -0.2) is 9.37 Å². The molecule has 0 N–H and O–H groups in total. The van der Waals surface area contributed by atoms with Crippen LogP contribution in [0.4, 0.5) is 4.39 Å². The molecule has 21 heavy (non-hydrogen) atoms. The van der Waals surface area contributed by atoms with Crippen LogP contribution >= 0.6 is 11.6 Å². The van der Waals surface area contributed by atoms with Crippen molar-refractivity contribution in [2.24, 2.45) is 0 Å². The highest BCUT2D eigenvalue weighted by atomic mass is 35.5. The molecule has 1 unspecified atom stereocenters. The molecule has 1 atom stereocenters. The predicted octanol–water partition coefficient (Wildman–Crippen LogP) is 3.44. The maximum Gasteiger partial charge on any atom is 0.125 e. The fourth-order valence-electron chi connectivity index (χ4n) is 2.87. The van der Waals surface area contributed by atoms with Crippen LogP contribution in [0.3, 0.4) is 0 Å². The third-order valence-corrected chi connectivity index (χ3v) is 4.56. The largest absolute Gasteiger partial charge is 0.326 e. The van der Waals surface area contributed by atoms with Gasteiger partial charge in [0.25, 0.3) is 0 Å². The number of nitrogens with zero attached hydrogens (tertiary/aromatic N) is 3. The van der Waals surface area contributed by atoms with Crippen LogP contribution < -0.4 is 0 Å². The van der Waals surface area contributed by atoms with Gasteiger partial charge in [0.1, 0.15) is 11.6 Å². The van der Waals surface area contributed by atoms with Gasteiger partial charge < -0.3 is 4.57 Å². The Kier molecular flexibility index (Phi) is 4.18. The van der Waals surface area contributed by atoms with Crippen LogP contribution in [-0.4, -0.2) is 39.5 Å². The summed E-state index contributed by atoms with van der Waals surface area (Å²) >= 11 is 5.89. The standard InChI is InChI=1S/C16H21ClFN3/c1-11(20(2)13-4-5-13)10-21-15-6-3-12(18)9-14(15)19-16(21)7-8-17/h3,6,9,11,13H,4-5,7-8,10H2,1-2H3. The quantitative estimate of drug-likeness (QED) is 0.762. The molecular formula is C16H21ClFN3. The zero-order chi connectivity index (χ0) is 15.0. The minimum Gasteiger partial charge on any atom is -0.326 e. The number of aromatic nitrogens is 2. The molecule has 0 aliphatic heterocycles. The average molecular weight is 310 g/mol. The summed E-state index contributed by atoms with van der Waals surface area (Å²) in [4.78, 5) is 6.99. The van der Waals surface area contributed by atoms with E-state index >= 15 is 0 Å². The lowest BCUT2D eigenvalue weighted by atomic mass is 10.2. The molecule has 5 heteroatoms. The summed E-state index contributed by atoms with van der Waals surface area (Å²) in [5, 5.41) is 0. The highest BCUT2D eigenvalue weighted by molar-refractivity contribution is 6.17. The fraction of sp³-hybridized carbons (Fsp3) is 0.562. The van der Waals surface area contributed by atoms with Crippen LogP contribution in [0.25, 0.3) is 11.0 Å². The third kappa shape index (κ3) is 3.06. The molecule has 1 saturated carbocycles. The summed E-state index contributed by atoms with van der Waals surface area (Å²) in [6, 6.07) is 5.97. The van der Waals surface area contributed by atoms with Gasteiger partial charge >= 0.3 is 0 Å². The summed E-state index contributed by atoms with van der Waals surface area (Å²) in [7, 11) is 2.18. The number of alkyl halides is 1. The average Bonchev–Trinajstić information content (AvgIpc) is 3.24. The second kappa shape index (κ2) is 5.93. The molecule has 3 rings (SSSR count). The van der Waals surface area contributed by atoms with Crippen molar-refractivity contribution in [3.63, 3.8) is 0 Å². The van der Waals surface area contributed by atoms with E-state index in [1.165, 1.54) is 25.0 Å². The van der Waals surface area contributed by atoms with E-state index in [0.29, 0.717) is 18.3 Å². The summed E-state index contributed by atoms with van der Waals surface area (Å²) in [6.07, 6.45) is 3.30. The number of imidazole rings is 1. The summed E-state index contributed by atoms with van der Waals surface area (Å²) < 4.78 is 15.6. The smallest absolute Gasteiger partial charge is 0.125 e. The van der Waals surface area contributed by atoms with Crippen molar-refractivity contribution < 1.29 is 4.39 Å². The Labute approximate surface area is 129 Å². The zero-order valence-electron chi connectivity index (χ0n) is 12.5. The number of rotatable bonds is 6. The molecule has 0 saturated heterocycles. The molecule has 2 aromatic rings. The fourth-order valence-corrected chi connectivity index (χ4v) is 3.04. The SMILES string of the molecule is CC(Cn1c(CCCl)nc2cc(F)ccc21)N(C)C1CC1. The minimum atomic E-state index is -0.243. The van der Waals surface area contributed by atoms with Crippen molar-refractivity contribution in [2.75, 3.05) is 12.9 Å². The number of benzene rings is 1. The topological polar surface area (TPSA) is 21.1 Å². The van der Waals surface area contributed by atoms with Crippen molar-refractivity contribution in [1.82, 2.24) is 14.5 Å². The van der Waals surface area contributed by atoms with Gasteiger partial charge in [-0.05, 0) is 38.9 Å². The maximum atomic E-state index is 13.4. The van der Waals surface area contributed by atoms with Crippen molar-refractivity contribution in [3.8, 4) is 0 Å². The van der Waals surface area contributed by atoms with Crippen LogP contribution in [0, 0.1) is 5.82 Å². The van der Waals surface area contributed by atoms with Gasteiger partial charge in [-0.1, -0.05) is 0 Å². The summed E-state index contributed by atoms with van der Waals surface area (Å²) in [5.74, 6) is 1.23. The molecule has 1 aromatic carbocycles. The Balaban J connectivity index is 1.92. The van der Waals surface area contributed by atoms with Gasteiger partial charge in [0.05, 0.1) is 11.0 Å². The second-order valence-corrected chi connectivity index (χ2v) is 6.33. The van der Waals surface area contributed by atoms with Gasteiger partial charge in [-0.15, -0.1) is 11.6 Å². The number of hydrogen-bond donors (Lipinski definition) is 0. The Morgan fingerprint density at radius 2 is 2.24 bits per heavy atom. The lowest BCUT2D eigenvalue weighted by molar-refractivity contribution is 0.226. The molecule has 1 fully saturated rings. The van der Waals surface area contributed by atoms with Gasteiger partial charge in [0, 0.05) is 37.0 Å². The molecule has 0 radical (unpaired) electrons. The van der Waals surface area contributed by atoms with Crippen molar-refractivity contribution >= 4 is 22.6 Å². The van der Waals surface area contributed by atoms with E-state index in [-0.39, 0.29) is 5.82 Å². The van der Waals surface area contributed by atoms with Crippen LogP contribution in [0.15, 0.2) is 18.2 Å². The monoisotopic (exact) mass is 309 g/mol. The number of likely N-dealkylation sites (N-methyl/N-ethyl adjacent to an activating group) is 1. The van der Waals surface area contributed by atoms with Crippen molar-refractivity contribution in [2.45, 2.75) is 44.8 Å². The molecule has 1 aromatic heterocycles. The van der Waals surface area contributed by atoms with Gasteiger partial charge in [-0.2, -0.15) is 0 Å². The van der Waals surface area contributed by atoms with Crippen LogP contribution in [0.2, 0.25) is 0 Å². The number of fused-ring (bicyclic) bond motifs is 1. The molecule has 3 nitrogen and oxygen atoms in total. The van der Waals surface area contributed by atoms with Crippen LogP contribution in [0.5, 0.6) is 0 Å². The molecule has 114 valence electrons. The Morgan fingerprint density at radius 3 is 2.90 bits per heavy atom. The maximum absolute atomic E-state index is 13.4. The van der Waals surface area contributed by atoms with Crippen molar-refractivity contribution in [1.29, 1.82) is 0 Å². The van der Waals surface area contributed by atoms with Crippen LogP contribution in [-0.2, 0) is 13.0 Å². The Morgan fingerprint density at radius 1 is 1.48 bits per heavy atom. The van der Waals surface area contributed by atoms with E-state index in [1.807, 2.05) is 6.07 Å². The Hall–Kier alpha value is -1.13. The minimum absolute atomic E-state index is 0.243. The highest BCUT2D eigenvalue weighted by Crippen LogP contribution is 2.28. The first-order valence-electron chi connectivity index (χ1n) is 7.52. The normalized spacial score (nSPS) is 16.8. The molecule has 1 aliphatic rings. The number of hydrogen-bond acceptors (Lipinski definition) is 2. The first-order valence-corrected chi connectivity index (χ1v) is 8.06. The first kappa shape index (κ1) is 14.8. The van der Waals surface area contributed by atoms with E-state index < -0.39 is 0 Å². The Bertz CT molecular complexity index is 636. The van der Waals surface area contributed by atoms with E-state index in [9.17, 15) is 4.39 Å². The van der Waals surface area contributed by atoms with Gasteiger partial charge in [-0.3, -0.25) is 4.90 Å².